The molecule has 0 spiro atoms. The molecule has 178 valence electrons. The third kappa shape index (κ3) is 7.22. The minimum atomic E-state index is -0.524. The van der Waals surface area contributed by atoms with Crippen molar-refractivity contribution in [1.29, 1.82) is 0 Å². The lowest BCUT2D eigenvalue weighted by atomic mass is 9.94. The third-order valence-electron chi connectivity index (χ3n) is 6.45. The number of aryl methyl sites for hydroxylation is 1. The van der Waals surface area contributed by atoms with Crippen molar-refractivity contribution in [1.82, 2.24) is 19.4 Å². The van der Waals surface area contributed by atoms with Crippen LogP contribution in [0.25, 0.3) is 0 Å². The lowest BCUT2D eigenvalue weighted by molar-refractivity contribution is 0.0553. The largest absolute Gasteiger partial charge is 0.493 e. The van der Waals surface area contributed by atoms with Crippen LogP contribution < -0.4 is 9.47 Å². The smallest absolute Gasteiger partial charge is 0.161 e. The van der Waals surface area contributed by atoms with Crippen LogP contribution in [0.4, 0.5) is 0 Å². The molecule has 1 atom stereocenters. The van der Waals surface area contributed by atoms with Gasteiger partial charge in [0.2, 0.25) is 0 Å². The van der Waals surface area contributed by atoms with E-state index in [0.29, 0.717) is 24.1 Å². The summed E-state index contributed by atoms with van der Waals surface area (Å²) in [6.45, 7) is 5.57. The molecule has 1 heterocycles. The van der Waals surface area contributed by atoms with Gasteiger partial charge in [-0.2, -0.15) is 0 Å². The molecule has 1 aliphatic carbocycles. The summed E-state index contributed by atoms with van der Waals surface area (Å²) >= 11 is 0. The molecular weight excluding hydrogens is 404 g/mol. The highest BCUT2D eigenvalue weighted by molar-refractivity contribution is 5.43. The Labute approximate surface area is 193 Å². The van der Waals surface area contributed by atoms with Crippen molar-refractivity contribution in [2.24, 2.45) is 0 Å². The van der Waals surface area contributed by atoms with E-state index in [9.17, 15) is 5.11 Å². The molecule has 2 aromatic rings. The van der Waals surface area contributed by atoms with Crippen LogP contribution in [-0.4, -0.2) is 77.5 Å². The minimum absolute atomic E-state index is 0.261. The topological polar surface area (TPSA) is 63.0 Å². The van der Waals surface area contributed by atoms with E-state index >= 15 is 0 Å². The van der Waals surface area contributed by atoms with E-state index in [4.69, 9.17) is 9.47 Å². The van der Waals surface area contributed by atoms with Gasteiger partial charge in [-0.3, -0.25) is 0 Å². The molecular formula is C25H40N4O3. The number of benzene rings is 1. The Hall–Kier alpha value is -2.09. The van der Waals surface area contributed by atoms with Gasteiger partial charge in [-0.05, 0) is 51.6 Å². The highest BCUT2D eigenvalue weighted by atomic mass is 16.5. The van der Waals surface area contributed by atoms with Crippen molar-refractivity contribution in [3.05, 3.63) is 42.0 Å². The molecule has 32 heavy (non-hydrogen) atoms. The maximum Gasteiger partial charge on any atom is 0.161 e. The van der Waals surface area contributed by atoms with Crippen LogP contribution in [0.5, 0.6) is 11.5 Å². The van der Waals surface area contributed by atoms with Crippen molar-refractivity contribution in [2.75, 3.05) is 40.9 Å². The number of hydrogen-bond donors (Lipinski definition) is 1. The van der Waals surface area contributed by atoms with Gasteiger partial charge in [-0.1, -0.05) is 25.3 Å². The lowest BCUT2D eigenvalue weighted by Gasteiger charge is -2.32. The van der Waals surface area contributed by atoms with Gasteiger partial charge < -0.3 is 28.9 Å². The second-order valence-corrected chi connectivity index (χ2v) is 9.09. The molecule has 0 bridgehead atoms. The molecule has 7 heteroatoms. The quantitative estimate of drug-likeness (QED) is 0.542. The summed E-state index contributed by atoms with van der Waals surface area (Å²) in [6.07, 6.45) is 9.72. The first-order valence-electron chi connectivity index (χ1n) is 11.8. The molecule has 1 aliphatic rings. The summed E-state index contributed by atoms with van der Waals surface area (Å²) < 4.78 is 13.6. The Morgan fingerprint density at radius 2 is 1.97 bits per heavy atom. The fourth-order valence-electron chi connectivity index (χ4n) is 4.48. The Morgan fingerprint density at radius 1 is 1.19 bits per heavy atom. The van der Waals surface area contributed by atoms with E-state index in [2.05, 4.69) is 39.5 Å². The molecule has 0 aliphatic heterocycles. The van der Waals surface area contributed by atoms with Gasteiger partial charge in [0, 0.05) is 44.6 Å². The molecule has 7 nitrogen and oxygen atoms in total. The second-order valence-electron chi connectivity index (χ2n) is 9.09. The third-order valence-corrected chi connectivity index (χ3v) is 6.45. The number of methoxy groups -OCH3 is 1. The van der Waals surface area contributed by atoms with Crippen LogP contribution in [0.15, 0.2) is 30.6 Å². The Morgan fingerprint density at radius 3 is 2.66 bits per heavy atom. The van der Waals surface area contributed by atoms with Crippen LogP contribution >= 0.6 is 0 Å². The molecule has 1 N–H and O–H groups in total. The predicted octanol–water partition coefficient (Wildman–Crippen LogP) is 3.34. The average Bonchev–Trinajstić information content (AvgIpc) is 3.21. The minimum Gasteiger partial charge on any atom is -0.493 e. The Balaban J connectivity index is 1.47. The summed E-state index contributed by atoms with van der Waals surface area (Å²) in [5, 5.41) is 10.5. The van der Waals surface area contributed by atoms with Crippen LogP contribution in [0.3, 0.4) is 0 Å². The van der Waals surface area contributed by atoms with Gasteiger partial charge in [0.25, 0.3) is 0 Å². The maximum absolute atomic E-state index is 10.5. The number of aliphatic hydroxyl groups is 1. The standard InChI is InChI=1S/C25H40N4O3/c1-20-26-12-13-29(20)15-14-27(2)17-21-10-11-24(25(16-21)31-4)32-19-23(30)18-28(3)22-8-6-5-7-9-22/h10-13,16,22-23,30H,5-9,14-15,17-19H2,1-4H3/t23-/m0/s1. The van der Waals surface area contributed by atoms with Gasteiger partial charge in [-0.25, -0.2) is 4.98 Å². The summed E-state index contributed by atoms with van der Waals surface area (Å²) in [7, 11) is 5.88. The van der Waals surface area contributed by atoms with Gasteiger partial charge in [0.05, 0.1) is 7.11 Å². The SMILES string of the molecule is COc1cc(CN(C)CCn2ccnc2C)ccc1OC[C@@H](O)CN(C)C1CCCCC1. The summed E-state index contributed by atoms with van der Waals surface area (Å²) in [6, 6.07) is 6.62. The van der Waals surface area contributed by atoms with Gasteiger partial charge in [0.1, 0.15) is 18.5 Å². The zero-order valence-corrected chi connectivity index (χ0v) is 20.2. The predicted molar refractivity (Wildman–Crippen MR) is 127 cm³/mol. The van der Waals surface area contributed by atoms with Crippen molar-refractivity contribution >= 4 is 0 Å². The van der Waals surface area contributed by atoms with E-state index in [-0.39, 0.29) is 6.61 Å². The van der Waals surface area contributed by atoms with Crippen molar-refractivity contribution in [3.63, 3.8) is 0 Å². The monoisotopic (exact) mass is 444 g/mol. The second kappa shape index (κ2) is 12.2. The molecule has 0 amide bonds. The molecule has 0 saturated heterocycles. The fourth-order valence-corrected chi connectivity index (χ4v) is 4.48. The number of likely N-dealkylation sites (N-methyl/N-ethyl adjacent to an activating group) is 2. The molecule has 1 aromatic heterocycles. The maximum atomic E-state index is 10.5. The number of imidazole rings is 1. The fraction of sp³-hybridized carbons (Fsp3) is 0.640. The van der Waals surface area contributed by atoms with E-state index in [0.717, 1.165) is 31.0 Å². The number of hydrogen-bond acceptors (Lipinski definition) is 6. The lowest BCUT2D eigenvalue weighted by Crippen LogP contribution is -2.40. The normalized spacial score (nSPS) is 16.0. The Bertz CT molecular complexity index is 819. The molecule has 3 rings (SSSR count). The van der Waals surface area contributed by atoms with Crippen molar-refractivity contribution < 1.29 is 14.6 Å². The van der Waals surface area contributed by atoms with Crippen LogP contribution in [0, 0.1) is 6.92 Å². The van der Waals surface area contributed by atoms with E-state index in [1.54, 1.807) is 7.11 Å². The Kier molecular flexibility index (Phi) is 9.38. The number of aromatic nitrogens is 2. The number of rotatable bonds is 12. The first kappa shape index (κ1) is 24.6. The van der Waals surface area contributed by atoms with Crippen LogP contribution in [0.1, 0.15) is 43.5 Å². The highest BCUT2D eigenvalue weighted by Gasteiger charge is 2.20. The van der Waals surface area contributed by atoms with E-state index < -0.39 is 6.10 Å². The first-order valence-corrected chi connectivity index (χ1v) is 11.8. The summed E-state index contributed by atoms with van der Waals surface area (Å²) in [5.41, 5.74) is 1.16. The summed E-state index contributed by atoms with van der Waals surface area (Å²) in [5.74, 6) is 2.41. The van der Waals surface area contributed by atoms with Gasteiger partial charge in [-0.15, -0.1) is 0 Å². The molecule has 0 unspecified atom stereocenters. The van der Waals surface area contributed by atoms with E-state index in [1.165, 1.54) is 32.1 Å². The van der Waals surface area contributed by atoms with E-state index in [1.807, 2.05) is 31.5 Å². The van der Waals surface area contributed by atoms with Gasteiger partial charge in [0.15, 0.2) is 11.5 Å². The molecule has 1 fully saturated rings. The average molecular weight is 445 g/mol. The number of nitrogens with zero attached hydrogens (tertiary/aromatic N) is 4. The molecule has 1 saturated carbocycles. The first-order chi connectivity index (χ1) is 15.5. The van der Waals surface area contributed by atoms with Crippen LogP contribution in [0.2, 0.25) is 0 Å². The zero-order valence-electron chi connectivity index (χ0n) is 20.2. The highest BCUT2D eigenvalue weighted by Crippen LogP contribution is 2.29. The van der Waals surface area contributed by atoms with Crippen molar-refractivity contribution in [3.8, 4) is 11.5 Å². The molecule has 1 aromatic carbocycles. The molecule has 0 radical (unpaired) electrons. The zero-order chi connectivity index (χ0) is 22.9. The van der Waals surface area contributed by atoms with Gasteiger partial charge >= 0.3 is 0 Å². The summed E-state index contributed by atoms with van der Waals surface area (Å²) in [4.78, 5) is 8.84. The van der Waals surface area contributed by atoms with Crippen molar-refractivity contribution in [2.45, 2.75) is 64.3 Å². The number of aliphatic hydroxyl groups excluding tert-OH is 1. The van der Waals surface area contributed by atoms with Crippen LogP contribution in [-0.2, 0) is 13.1 Å². The number of ether oxygens (including phenoxy) is 2.